The minimum atomic E-state index is 0.454. The standard InChI is InChI=1S/C10H17NO/c1-2-3-4-7-11-9-10-6-5-8-12-10/h1,10-11H,3-9H2. The quantitative estimate of drug-likeness (QED) is 0.490. The third-order valence-electron chi connectivity index (χ3n) is 2.07. The van der Waals surface area contributed by atoms with Crippen LogP contribution in [-0.4, -0.2) is 25.8 Å². The van der Waals surface area contributed by atoms with E-state index < -0.39 is 0 Å². The van der Waals surface area contributed by atoms with Crippen LogP contribution in [0.1, 0.15) is 25.7 Å². The van der Waals surface area contributed by atoms with Crippen LogP contribution in [0.3, 0.4) is 0 Å². The van der Waals surface area contributed by atoms with Crippen molar-refractivity contribution < 1.29 is 4.74 Å². The molecule has 1 aliphatic heterocycles. The molecule has 0 saturated carbocycles. The molecule has 0 aromatic heterocycles. The summed E-state index contributed by atoms with van der Waals surface area (Å²) in [6.07, 6.45) is 9.96. The Morgan fingerprint density at radius 3 is 3.17 bits per heavy atom. The second-order valence-corrected chi connectivity index (χ2v) is 3.15. The molecule has 1 rings (SSSR count). The topological polar surface area (TPSA) is 21.3 Å². The van der Waals surface area contributed by atoms with E-state index in [9.17, 15) is 0 Å². The molecule has 0 bridgehead atoms. The lowest BCUT2D eigenvalue weighted by Gasteiger charge is -2.09. The number of hydrogen-bond donors (Lipinski definition) is 1. The number of nitrogens with one attached hydrogen (secondary N) is 1. The van der Waals surface area contributed by atoms with Crippen molar-refractivity contribution in [2.24, 2.45) is 0 Å². The first-order chi connectivity index (χ1) is 5.93. The fourth-order valence-corrected chi connectivity index (χ4v) is 1.38. The van der Waals surface area contributed by atoms with Crippen LogP contribution in [0.4, 0.5) is 0 Å². The molecule has 0 radical (unpaired) electrons. The van der Waals surface area contributed by atoms with Gasteiger partial charge in [-0.05, 0) is 25.8 Å². The van der Waals surface area contributed by atoms with Crippen molar-refractivity contribution in [2.45, 2.75) is 31.8 Å². The van der Waals surface area contributed by atoms with Gasteiger partial charge in [0.05, 0.1) is 6.10 Å². The molecule has 0 aromatic carbocycles. The third kappa shape index (κ3) is 3.75. The minimum absolute atomic E-state index is 0.454. The van der Waals surface area contributed by atoms with Crippen LogP contribution in [0.2, 0.25) is 0 Å². The van der Waals surface area contributed by atoms with E-state index in [1.54, 1.807) is 0 Å². The SMILES string of the molecule is C#CCCCNCC1CCCO1. The molecule has 1 aliphatic rings. The summed E-state index contributed by atoms with van der Waals surface area (Å²) in [4.78, 5) is 0. The highest BCUT2D eigenvalue weighted by Gasteiger charge is 2.13. The van der Waals surface area contributed by atoms with Crippen molar-refractivity contribution in [2.75, 3.05) is 19.7 Å². The van der Waals surface area contributed by atoms with E-state index in [1.165, 1.54) is 12.8 Å². The third-order valence-corrected chi connectivity index (χ3v) is 2.07. The Kier molecular flexibility index (Phi) is 4.82. The molecule has 1 N–H and O–H groups in total. The molecule has 0 aliphatic carbocycles. The van der Waals surface area contributed by atoms with Gasteiger partial charge in [-0.15, -0.1) is 12.3 Å². The van der Waals surface area contributed by atoms with E-state index >= 15 is 0 Å². The van der Waals surface area contributed by atoms with Crippen LogP contribution in [-0.2, 0) is 4.74 Å². The van der Waals surface area contributed by atoms with Gasteiger partial charge in [0.25, 0.3) is 0 Å². The summed E-state index contributed by atoms with van der Waals surface area (Å²) in [6, 6.07) is 0. The summed E-state index contributed by atoms with van der Waals surface area (Å²) < 4.78 is 5.46. The number of rotatable bonds is 5. The Labute approximate surface area is 74.7 Å². The van der Waals surface area contributed by atoms with Crippen LogP contribution in [0.5, 0.6) is 0 Å². The zero-order valence-electron chi connectivity index (χ0n) is 7.51. The smallest absolute Gasteiger partial charge is 0.0700 e. The van der Waals surface area contributed by atoms with E-state index in [-0.39, 0.29) is 0 Å². The lowest BCUT2D eigenvalue weighted by molar-refractivity contribution is 0.110. The average Bonchev–Trinajstić information content (AvgIpc) is 2.57. The fraction of sp³-hybridized carbons (Fsp3) is 0.800. The number of terminal acetylenes is 1. The summed E-state index contributed by atoms with van der Waals surface area (Å²) >= 11 is 0. The lowest BCUT2D eigenvalue weighted by atomic mass is 10.2. The van der Waals surface area contributed by atoms with E-state index in [2.05, 4.69) is 11.2 Å². The number of unbranched alkanes of at least 4 members (excludes halogenated alkanes) is 1. The predicted octanol–water partition coefficient (Wildman–Crippen LogP) is 1.17. The maximum Gasteiger partial charge on any atom is 0.0700 e. The molecule has 2 heteroatoms. The molecule has 12 heavy (non-hydrogen) atoms. The molecule has 68 valence electrons. The Hall–Kier alpha value is -0.520. The Morgan fingerprint density at radius 1 is 1.58 bits per heavy atom. The Morgan fingerprint density at radius 2 is 2.50 bits per heavy atom. The van der Waals surface area contributed by atoms with Gasteiger partial charge in [-0.3, -0.25) is 0 Å². The molecule has 0 aromatic rings. The van der Waals surface area contributed by atoms with Crippen molar-refractivity contribution in [3.8, 4) is 12.3 Å². The summed E-state index contributed by atoms with van der Waals surface area (Å²) in [5.74, 6) is 2.62. The monoisotopic (exact) mass is 167 g/mol. The van der Waals surface area contributed by atoms with E-state index in [0.717, 1.165) is 32.5 Å². The summed E-state index contributed by atoms with van der Waals surface area (Å²) in [5.41, 5.74) is 0. The highest BCUT2D eigenvalue weighted by molar-refractivity contribution is 4.83. The Bertz CT molecular complexity index is 144. The lowest BCUT2D eigenvalue weighted by Crippen LogP contribution is -2.26. The molecule has 1 saturated heterocycles. The largest absolute Gasteiger partial charge is 0.377 e. The molecule has 1 heterocycles. The molecule has 2 nitrogen and oxygen atoms in total. The first-order valence-corrected chi connectivity index (χ1v) is 4.69. The summed E-state index contributed by atoms with van der Waals surface area (Å²) in [7, 11) is 0. The van der Waals surface area contributed by atoms with Crippen LogP contribution in [0.25, 0.3) is 0 Å². The van der Waals surface area contributed by atoms with Gasteiger partial charge in [-0.2, -0.15) is 0 Å². The van der Waals surface area contributed by atoms with Gasteiger partial charge < -0.3 is 10.1 Å². The van der Waals surface area contributed by atoms with Crippen LogP contribution < -0.4 is 5.32 Å². The molecule has 0 spiro atoms. The van der Waals surface area contributed by atoms with E-state index in [1.807, 2.05) is 0 Å². The molecule has 1 unspecified atom stereocenters. The zero-order chi connectivity index (χ0) is 8.65. The van der Waals surface area contributed by atoms with Gasteiger partial charge in [0, 0.05) is 19.6 Å². The van der Waals surface area contributed by atoms with Gasteiger partial charge in [-0.1, -0.05) is 0 Å². The van der Waals surface area contributed by atoms with Crippen molar-refractivity contribution in [3.63, 3.8) is 0 Å². The summed E-state index contributed by atoms with van der Waals surface area (Å²) in [6.45, 7) is 2.95. The number of ether oxygens (including phenoxy) is 1. The van der Waals surface area contributed by atoms with E-state index in [0.29, 0.717) is 6.10 Å². The van der Waals surface area contributed by atoms with Crippen molar-refractivity contribution in [3.05, 3.63) is 0 Å². The van der Waals surface area contributed by atoms with Crippen molar-refractivity contribution in [1.82, 2.24) is 5.32 Å². The van der Waals surface area contributed by atoms with Crippen LogP contribution in [0.15, 0.2) is 0 Å². The molecule has 1 atom stereocenters. The van der Waals surface area contributed by atoms with Crippen molar-refractivity contribution >= 4 is 0 Å². The second kappa shape index (κ2) is 6.05. The molecule has 1 fully saturated rings. The first kappa shape index (κ1) is 9.57. The first-order valence-electron chi connectivity index (χ1n) is 4.69. The zero-order valence-corrected chi connectivity index (χ0v) is 7.51. The van der Waals surface area contributed by atoms with Gasteiger partial charge in [0.1, 0.15) is 0 Å². The minimum Gasteiger partial charge on any atom is -0.377 e. The van der Waals surface area contributed by atoms with Crippen LogP contribution >= 0.6 is 0 Å². The maximum atomic E-state index is 5.46. The highest BCUT2D eigenvalue weighted by atomic mass is 16.5. The second-order valence-electron chi connectivity index (χ2n) is 3.15. The normalized spacial score (nSPS) is 22.4. The molecule has 0 amide bonds. The Balaban J connectivity index is 1.85. The molecular formula is C10H17NO. The molecular weight excluding hydrogens is 150 g/mol. The van der Waals surface area contributed by atoms with E-state index in [4.69, 9.17) is 11.2 Å². The fourth-order valence-electron chi connectivity index (χ4n) is 1.38. The highest BCUT2D eigenvalue weighted by Crippen LogP contribution is 2.10. The van der Waals surface area contributed by atoms with Crippen LogP contribution in [0, 0.1) is 12.3 Å². The average molecular weight is 167 g/mol. The van der Waals surface area contributed by atoms with Crippen molar-refractivity contribution in [1.29, 1.82) is 0 Å². The predicted molar refractivity (Wildman–Crippen MR) is 49.9 cm³/mol. The van der Waals surface area contributed by atoms with Gasteiger partial charge >= 0.3 is 0 Å². The van der Waals surface area contributed by atoms with Gasteiger partial charge in [0.15, 0.2) is 0 Å². The maximum absolute atomic E-state index is 5.46. The summed E-state index contributed by atoms with van der Waals surface area (Å²) in [5, 5.41) is 3.34. The van der Waals surface area contributed by atoms with Gasteiger partial charge in [-0.25, -0.2) is 0 Å². The van der Waals surface area contributed by atoms with Gasteiger partial charge in [0.2, 0.25) is 0 Å². The number of hydrogen-bond acceptors (Lipinski definition) is 2.